The summed E-state index contributed by atoms with van der Waals surface area (Å²) < 4.78 is 5.76. The van der Waals surface area contributed by atoms with Crippen LogP contribution in [0.25, 0.3) is 0 Å². The fourth-order valence-electron chi connectivity index (χ4n) is 2.46. The number of hydrazine groups is 1. The van der Waals surface area contributed by atoms with Gasteiger partial charge in [-0.05, 0) is 29.7 Å². The van der Waals surface area contributed by atoms with E-state index in [1.165, 1.54) is 0 Å². The molecule has 0 spiro atoms. The van der Waals surface area contributed by atoms with Crippen LogP contribution in [0, 0.1) is 0 Å². The second-order valence-corrected chi connectivity index (χ2v) is 5.41. The van der Waals surface area contributed by atoms with Crippen molar-refractivity contribution in [2.24, 2.45) is 10.8 Å². The molecule has 0 fully saturated rings. The zero-order valence-electron chi connectivity index (χ0n) is 12.6. The normalized spacial score (nSPS) is 19.8. The van der Waals surface area contributed by atoms with E-state index in [0.29, 0.717) is 19.0 Å². The molecular weight excluding hydrogens is 292 g/mol. The lowest BCUT2D eigenvalue weighted by molar-refractivity contribution is 0.157. The maximum atomic E-state index is 9.85. The average molecular weight is 312 g/mol. The molecule has 120 valence electrons. The van der Waals surface area contributed by atoms with Crippen LogP contribution in [0.3, 0.4) is 0 Å². The first-order chi connectivity index (χ1) is 11.2. The van der Waals surface area contributed by atoms with Gasteiger partial charge >= 0.3 is 0 Å². The molecule has 23 heavy (non-hydrogen) atoms. The van der Waals surface area contributed by atoms with Gasteiger partial charge in [0.2, 0.25) is 5.96 Å². The number of nitrogens with zero attached hydrogens (tertiary/aromatic N) is 1. The van der Waals surface area contributed by atoms with Crippen LogP contribution in [0.4, 0.5) is 0 Å². The summed E-state index contributed by atoms with van der Waals surface area (Å²) in [5.41, 5.74) is 4.63. The number of hydrogen-bond acceptors (Lipinski definition) is 6. The molecule has 2 unspecified atom stereocenters. The Morgan fingerprint density at radius 2 is 1.83 bits per heavy atom. The van der Waals surface area contributed by atoms with Gasteiger partial charge in [-0.15, -0.1) is 0 Å². The second kappa shape index (κ2) is 7.13. The molecule has 0 saturated heterocycles. The molecule has 0 radical (unpaired) electrons. The van der Waals surface area contributed by atoms with Crippen molar-refractivity contribution in [3.8, 4) is 5.75 Å². The number of aliphatic imine (C=N–C) groups is 1. The number of aliphatic hydroxyl groups excluding tert-OH is 1. The molecule has 0 aliphatic carbocycles. The van der Waals surface area contributed by atoms with Gasteiger partial charge in [-0.3, -0.25) is 5.43 Å². The molecule has 2 aromatic rings. The molecule has 0 aromatic heterocycles. The zero-order valence-corrected chi connectivity index (χ0v) is 12.6. The number of guanidine groups is 1. The predicted molar refractivity (Wildman–Crippen MR) is 88.6 cm³/mol. The molecule has 3 rings (SSSR count). The fourth-order valence-corrected chi connectivity index (χ4v) is 2.46. The van der Waals surface area contributed by atoms with Gasteiger partial charge < -0.3 is 15.2 Å². The smallest absolute Gasteiger partial charge is 0.208 e. The van der Waals surface area contributed by atoms with E-state index >= 15 is 0 Å². The van der Waals surface area contributed by atoms with E-state index in [4.69, 9.17) is 10.6 Å². The van der Waals surface area contributed by atoms with Gasteiger partial charge in [-0.1, -0.05) is 42.5 Å². The summed E-state index contributed by atoms with van der Waals surface area (Å²) in [4.78, 5) is 3.97. The maximum absolute atomic E-state index is 9.85. The van der Waals surface area contributed by atoms with E-state index in [9.17, 15) is 5.11 Å². The van der Waals surface area contributed by atoms with Crippen LogP contribution in [0.1, 0.15) is 11.1 Å². The molecule has 0 saturated carbocycles. The maximum Gasteiger partial charge on any atom is 0.208 e. The lowest BCUT2D eigenvalue weighted by Gasteiger charge is -2.15. The molecule has 0 bridgehead atoms. The number of ether oxygens (including phenoxy) is 1. The summed E-state index contributed by atoms with van der Waals surface area (Å²) in [7, 11) is 0. The Balaban J connectivity index is 1.53. The zero-order chi connectivity index (χ0) is 16.1. The van der Waals surface area contributed by atoms with Crippen molar-refractivity contribution < 1.29 is 9.84 Å². The third-order valence-corrected chi connectivity index (χ3v) is 3.71. The van der Waals surface area contributed by atoms with Gasteiger partial charge in [0.25, 0.3) is 0 Å². The van der Waals surface area contributed by atoms with Crippen LogP contribution in [0.2, 0.25) is 0 Å². The van der Waals surface area contributed by atoms with Crippen molar-refractivity contribution >= 4 is 5.96 Å². The topological polar surface area (TPSA) is 91.9 Å². The minimum Gasteiger partial charge on any atom is -0.489 e. The van der Waals surface area contributed by atoms with Crippen molar-refractivity contribution in [1.29, 1.82) is 0 Å². The molecule has 6 nitrogen and oxygen atoms in total. The van der Waals surface area contributed by atoms with Crippen molar-refractivity contribution in [2.45, 2.75) is 25.3 Å². The Bertz CT molecular complexity index is 658. The molecular formula is C17H20N4O2. The second-order valence-electron chi connectivity index (χ2n) is 5.41. The van der Waals surface area contributed by atoms with Gasteiger partial charge in [0.15, 0.2) is 6.23 Å². The molecule has 1 aliphatic rings. The first-order valence-electron chi connectivity index (χ1n) is 7.49. The Labute approximate surface area is 135 Å². The van der Waals surface area contributed by atoms with E-state index in [0.717, 1.165) is 16.9 Å². The Hall–Kier alpha value is -2.57. The molecule has 1 aliphatic heterocycles. The summed E-state index contributed by atoms with van der Waals surface area (Å²) in [5, 5.41) is 12.9. The highest BCUT2D eigenvalue weighted by Gasteiger charge is 2.26. The van der Waals surface area contributed by atoms with Crippen LogP contribution >= 0.6 is 0 Å². The first kappa shape index (κ1) is 15.3. The van der Waals surface area contributed by atoms with E-state index in [2.05, 4.69) is 15.7 Å². The highest BCUT2D eigenvalue weighted by atomic mass is 16.5. The van der Waals surface area contributed by atoms with Gasteiger partial charge in [0.05, 0.1) is 6.04 Å². The van der Waals surface area contributed by atoms with Crippen molar-refractivity contribution in [2.75, 3.05) is 0 Å². The van der Waals surface area contributed by atoms with E-state index in [1.807, 2.05) is 54.6 Å². The number of hydrogen-bond donors (Lipinski definition) is 4. The summed E-state index contributed by atoms with van der Waals surface area (Å²) >= 11 is 0. The van der Waals surface area contributed by atoms with Crippen LogP contribution < -0.4 is 21.3 Å². The lowest BCUT2D eigenvalue weighted by Crippen LogP contribution is -2.44. The molecule has 2 aromatic carbocycles. The Morgan fingerprint density at radius 1 is 1.09 bits per heavy atom. The average Bonchev–Trinajstić information content (AvgIpc) is 2.95. The molecule has 2 atom stereocenters. The highest BCUT2D eigenvalue weighted by Crippen LogP contribution is 2.17. The van der Waals surface area contributed by atoms with Gasteiger partial charge in [0, 0.05) is 0 Å². The van der Waals surface area contributed by atoms with Crippen LogP contribution in [0.5, 0.6) is 5.75 Å². The molecule has 5 N–H and O–H groups in total. The Morgan fingerprint density at radius 3 is 2.48 bits per heavy atom. The predicted octanol–water partition coefficient (Wildman–Crippen LogP) is 0.918. The van der Waals surface area contributed by atoms with Gasteiger partial charge in [0.1, 0.15) is 12.4 Å². The number of benzene rings is 2. The molecule has 6 heteroatoms. The number of rotatable bonds is 5. The van der Waals surface area contributed by atoms with Crippen LogP contribution in [-0.4, -0.2) is 23.3 Å². The van der Waals surface area contributed by atoms with E-state index in [1.54, 1.807) is 0 Å². The summed E-state index contributed by atoms with van der Waals surface area (Å²) in [6.07, 6.45) is -0.149. The summed E-state index contributed by atoms with van der Waals surface area (Å²) in [5.74, 6) is 6.51. The minimum atomic E-state index is -0.796. The van der Waals surface area contributed by atoms with E-state index in [-0.39, 0.29) is 6.04 Å². The van der Waals surface area contributed by atoms with Gasteiger partial charge in [-0.2, -0.15) is 0 Å². The largest absolute Gasteiger partial charge is 0.489 e. The highest BCUT2D eigenvalue weighted by molar-refractivity contribution is 5.81. The summed E-state index contributed by atoms with van der Waals surface area (Å²) in [6, 6.07) is 17.7. The molecule has 0 amide bonds. The van der Waals surface area contributed by atoms with Crippen LogP contribution in [-0.2, 0) is 13.0 Å². The Kier molecular flexibility index (Phi) is 4.75. The number of nitrogens with two attached hydrogens (primary N) is 1. The fraction of sp³-hybridized carbons (Fsp3) is 0.235. The number of nitrogens with one attached hydrogen (secondary N) is 2. The first-order valence-corrected chi connectivity index (χ1v) is 7.49. The SMILES string of the molecule is NNC1=NC(O)C(Cc2ccc(OCc3ccccc3)cc2)N1. The van der Waals surface area contributed by atoms with E-state index < -0.39 is 6.23 Å². The van der Waals surface area contributed by atoms with Gasteiger partial charge in [-0.25, -0.2) is 10.8 Å². The van der Waals surface area contributed by atoms with Crippen LogP contribution in [0.15, 0.2) is 59.6 Å². The quantitative estimate of drug-likeness (QED) is 0.487. The minimum absolute atomic E-state index is 0.183. The third-order valence-electron chi connectivity index (χ3n) is 3.71. The standard InChI is InChI=1S/C17H20N4O2/c18-21-17-19-15(16(22)20-17)10-12-6-8-14(9-7-12)23-11-13-4-2-1-3-5-13/h1-9,15-16,22H,10-11,18H2,(H2,19,20,21). The monoisotopic (exact) mass is 312 g/mol. The van der Waals surface area contributed by atoms with Crippen molar-refractivity contribution in [3.05, 3.63) is 65.7 Å². The molecule has 1 heterocycles. The van der Waals surface area contributed by atoms with Crippen molar-refractivity contribution in [3.63, 3.8) is 0 Å². The number of aliphatic hydroxyl groups is 1. The third kappa shape index (κ3) is 4.00. The van der Waals surface area contributed by atoms with Crippen molar-refractivity contribution in [1.82, 2.24) is 10.7 Å². The summed E-state index contributed by atoms with van der Waals surface area (Å²) in [6.45, 7) is 0.544. The lowest BCUT2D eigenvalue weighted by atomic mass is 10.1.